The molecule has 0 N–H and O–H groups in total. The van der Waals surface area contributed by atoms with Crippen molar-refractivity contribution in [3.8, 4) is 0 Å². The lowest BCUT2D eigenvalue weighted by Crippen LogP contribution is -2.17. The van der Waals surface area contributed by atoms with Crippen molar-refractivity contribution in [3.63, 3.8) is 0 Å². The van der Waals surface area contributed by atoms with Gasteiger partial charge in [0.15, 0.2) is 0 Å². The molecule has 0 saturated carbocycles. The molecule has 0 aromatic heterocycles. The first kappa shape index (κ1) is 13.8. The quantitative estimate of drug-likeness (QED) is 0.725. The Balaban J connectivity index is 2.71. The van der Waals surface area contributed by atoms with Gasteiger partial charge in [0.2, 0.25) is 0 Å². The number of hydrogen-bond acceptors (Lipinski definition) is 2. The summed E-state index contributed by atoms with van der Waals surface area (Å²) >= 11 is 0. The predicted octanol–water partition coefficient (Wildman–Crippen LogP) is 3.77. The fourth-order valence-electron chi connectivity index (χ4n) is 1.93. The van der Waals surface area contributed by atoms with E-state index >= 15 is 0 Å². The van der Waals surface area contributed by atoms with Gasteiger partial charge in [-0.3, -0.25) is 4.79 Å². The molecule has 0 aliphatic carbocycles. The maximum Gasteiger partial charge on any atom is 0.306 e. The number of esters is 1. The summed E-state index contributed by atoms with van der Waals surface area (Å²) in [6.07, 6.45) is 0.422. The normalized spacial score (nSPS) is 12.8. The molecule has 0 bridgehead atoms. The fourth-order valence-corrected chi connectivity index (χ4v) is 1.93. The molecule has 1 atom stereocenters. The summed E-state index contributed by atoms with van der Waals surface area (Å²) in [6.45, 7) is 8.04. The van der Waals surface area contributed by atoms with Crippen molar-refractivity contribution >= 4 is 5.97 Å². The summed E-state index contributed by atoms with van der Waals surface area (Å²) in [7, 11) is 0. The third kappa shape index (κ3) is 4.59. The van der Waals surface area contributed by atoms with E-state index in [2.05, 4.69) is 26.0 Å². The van der Waals surface area contributed by atoms with Crippen LogP contribution in [0.3, 0.4) is 0 Å². The van der Waals surface area contributed by atoms with Crippen molar-refractivity contribution in [1.29, 1.82) is 0 Å². The van der Waals surface area contributed by atoms with Crippen molar-refractivity contribution in [2.24, 2.45) is 5.92 Å². The van der Waals surface area contributed by atoms with Gasteiger partial charge in [0.25, 0.3) is 0 Å². The van der Waals surface area contributed by atoms with E-state index in [0.29, 0.717) is 12.3 Å². The van der Waals surface area contributed by atoms with Crippen LogP contribution in [0.15, 0.2) is 30.3 Å². The molecular formula is C15H22O2. The van der Waals surface area contributed by atoms with E-state index in [4.69, 9.17) is 4.74 Å². The molecule has 1 aromatic rings. The molecule has 17 heavy (non-hydrogen) atoms. The maximum atomic E-state index is 11.7. The highest BCUT2D eigenvalue weighted by molar-refractivity contribution is 5.70. The summed E-state index contributed by atoms with van der Waals surface area (Å²) in [4.78, 5) is 11.7. The molecule has 94 valence electrons. The molecule has 0 saturated heterocycles. The minimum absolute atomic E-state index is 0.0360. The molecule has 2 nitrogen and oxygen atoms in total. The third-order valence-corrected chi connectivity index (χ3v) is 2.79. The van der Waals surface area contributed by atoms with Crippen LogP contribution < -0.4 is 0 Å². The summed E-state index contributed by atoms with van der Waals surface area (Å²) in [5, 5.41) is 0. The molecule has 1 aromatic carbocycles. The van der Waals surface area contributed by atoms with E-state index in [1.165, 1.54) is 5.56 Å². The third-order valence-electron chi connectivity index (χ3n) is 2.79. The second-order valence-electron chi connectivity index (χ2n) is 5.00. The van der Waals surface area contributed by atoms with E-state index in [0.717, 1.165) is 0 Å². The van der Waals surface area contributed by atoms with Gasteiger partial charge in [-0.2, -0.15) is 0 Å². The first-order valence-corrected chi connectivity index (χ1v) is 6.25. The van der Waals surface area contributed by atoms with E-state index < -0.39 is 0 Å². The lowest BCUT2D eigenvalue weighted by Gasteiger charge is -2.21. The van der Waals surface area contributed by atoms with Crippen LogP contribution in [-0.4, -0.2) is 12.1 Å². The molecule has 0 unspecified atom stereocenters. The number of ether oxygens (including phenoxy) is 1. The zero-order valence-electron chi connectivity index (χ0n) is 11.1. The zero-order valence-corrected chi connectivity index (χ0v) is 11.1. The Hall–Kier alpha value is -1.31. The fraction of sp³-hybridized carbons (Fsp3) is 0.533. The van der Waals surface area contributed by atoms with Crippen LogP contribution in [0, 0.1) is 5.92 Å². The first-order chi connectivity index (χ1) is 8.00. The summed E-state index contributed by atoms with van der Waals surface area (Å²) < 4.78 is 5.21. The molecule has 2 heteroatoms. The van der Waals surface area contributed by atoms with Crippen LogP contribution in [0.5, 0.6) is 0 Å². The second-order valence-corrected chi connectivity index (χ2v) is 5.00. The minimum Gasteiger partial charge on any atom is -0.463 e. The molecule has 0 amide bonds. The number of rotatable bonds is 5. The van der Waals surface area contributed by atoms with Gasteiger partial charge in [-0.1, -0.05) is 44.2 Å². The Morgan fingerprint density at radius 2 is 1.71 bits per heavy atom. The molecule has 0 fully saturated rings. The molecule has 0 radical (unpaired) electrons. The van der Waals surface area contributed by atoms with E-state index in [-0.39, 0.29) is 18.0 Å². The molecule has 0 heterocycles. The Morgan fingerprint density at radius 1 is 1.12 bits per heavy atom. The topological polar surface area (TPSA) is 26.3 Å². The SMILES string of the molecule is CC(C)OC(=O)C[C@H](c1ccccc1)C(C)C. The average molecular weight is 234 g/mol. The predicted molar refractivity (Wildman–Crippen MR) is 69.9 cm³/mol. The van der Waals surface area contributed by atoms with Gasteiger partial charge in [-0.05, 0) is 31.2 Å². The van der Waals surface area contributed by atoms with Crippen LogP contribution in [0.25, 0.3) is 0 Å². The molecule has 0 aliphatic heterocycles. The highest BCUT2D eigenvalue weighted by Crippen LogP contribution is 2.28. The van der Waals surface area contributed by atoms with Crippen molar-refractivity contribution < 1.29 is 9.53 Å². The van der Waals surface area contributed by atoms with Crippen LogP contribution in [0.1, 0.15) is 45.6 Å². The maximum absolute atomic E-state index is 11.7. The van der Waals surface area contributed by atoms with Gasteiger partial charge in [0.1, 0.15) is 0 Å². The van der Waals surface area contributed by atoms with Crippen LogP contribution >= 0.6 is 0 Å². The van der Waals surface area contributed by atoms with Crippen molar-refractivity contribution in [2.75, 3.05) is 0 Å². The lowest BCUT2D eigenvalue weighted by atomic mass is 9.86. The molecule has 0 aliphatic rings. The second kappa shape index (κ2) is 6.43. The Morgan fingerprint density at radius 3 is 2.18 bits per heavy atom. The highest BCUT2D eigenvalue weighted by atomic mass is 16.5. The Bertz CT molecular complexity index is 341. The number of benzene rings is 1. The van der Waals surface area contributed by atoms with Crippen LogP contribution in [0.2, 0.25) is 0 Å². The molecule has 1 rings (SSSR count). The number of carbonyl (C=O) groups excluding carboxylic acids is 1. The molecule has 0 spiro atoms. The standard InChI is InChI=1S/C15H22O2/c1-11(2)14(10-15(16)17-12(3)4)13-8-6-5-7-9-13/h5-9,11-12,14H,10H2,1-4H3/t14-/m0/s1. The minimum atomic E-state index is -0.109. The van der Waals surface area contributed by atoms with Gasteiger partial charge in [-0.25, -0.2) is 0 Å². The summed E-state index contributed by atoms with van der Waals surface area (Å²) in [5.74, 6) is 0.558. The first-order valence-electron chi connectivity index (χ1n) is 6.25. The average Bonchev–Trinajstić information content (AvgIpc) is 2.25. The smallest absolute Gasteiger partial charge is 0.306 e. The van der Waals surface area contributed by atoms with Gasteiger partial charge in [0, 0.05) is 0 Å². The van der Waals surface area contributed by atoms with Gasteiger partial charge >= 0.3 is 5.97 Å². The summed E-state index contributed by atoms with van der Waals surface area (Å²) in [6, 6.07) is 10.2. The zero-order chi connectivity index (χ0) is 12.8. The monoisotopic (exact) mass is 234 g/mol. The van der Waals surface area contributed by atoms with Gasteiger partial charge in [0.05, 0.1) is 12.5 Å². The number of carbonyl (C=O) groups is 1. The van der Waals surface area contributed by atoms with Crippen molar-refractivity contribution in [3.05, 3.63) is 35.9 Å². The molecular weight excluding hydrogens is 212 g/mol. The van der Waals surface area contributed by atoms with Gasteiger partial charge < -0.3 is 4.74 Å². The van der Waals surface area contributed by atoms with E-state index in [1.54, 1.807) is 0 Å². The lowest BCUT2D eigenvalue weighted by molar-refractivity contribution is -0.148. The summed E-state index contributed by atoms with van der Waals surface area (Å²) in [5.41, 5.74) is 1.21. The largest absolute Gasteiger partial charge is 0.463 e. The Kier molecular flexibility index (Phi) is 5.20. The van der Waals surface area contributed by atoms with Crippen molar-refractivity contribution in [1.82, 2.24) is 0 Å². The van der Waals surface area contributed by atoms with Gasteiger partial charge in [-0.15, -0.1) is 0 Å². The highest BCUT2D eigenvalue weighted by Gasteiger charge is 2.20. The number of hydrogen-bond donors (Lipinski definition) is 0. The van der Waals surface area contributed by atoms with Crippen LogP contribution in [0.4, 0.5) is 0 Å². The van der Waals surface area contributed by atoms with E-state index in [9.17, 15) is 4.79 Å². The van der Waals surface area contributed by atoms with Crippen molar-refractivity contribution in [2.45, 2.75) is 46.1 Å². The Labute approximate surface area is 104 Å². The van der Waals surface area contributed by atoms with Crippen LogP contribution in [-0.2, 0) is 9.53 Å². The van der Waals surface area contributed by atoms with E-state index in [1.807, 2.05) is 32.0 Å².